The van der Waals surface area contributed by atoms with Crippen LogP contribution in [-0.2, 0) is 10.0 Å². The van der Waals surface area contributed by atoms with Crippen LogP contribution in [0.2, 0.25) is 8.67 Å². The number of halogens is 2. The Kier molecular flexibility index (Phi) is 3.79. The number of anilines is 1. The molecule has 108 valence electrons. The fourth-order valence-corrected chi connectivity index (χ4v) is 5.13. The van der Waals surface area contributed by atoms with Gasteiger partial charge in [0.15, 0.2) is 0 Å². The fourth-order valence-electron chi connectivity index (χ4n) is 1.90. The monoisotopic (exact) mass is 358 g/mol. The highest BCUT2D eigenvalue weighted by atomic mass is 35.5. The molecule has 4 nitrogen and oxygen atoms in total. The molecule has 0 aliphatic carbocycles. The largest absolute Gasteiger partial charge is 0.279 e. The van der Waals surface area contributed by atoms with Crippen molar-refractivity contribution in [2.75, 3.05) is 4.72 Å². The minimum absolute atomic E-state index is 0.0277. The number of pyridine rings is 1. The third kappa shape index (κ3) is 2.85. The lowest BCUT2D eigenvalue weighted by molar-refractivity contribution is 0.601. The molecule has 1 N–H and O–H groups in total. The molecule has 8 heteroatoms. The van der Waals surface area contributed by atoms with Crippen molar-refractivity contribution >= 4 is 61.2 Å². The molecule has 0 saturated carbocycles. The van der Waals surface area contributed by atoms with Gasteiger partial charge >= 0.3 is 0 Å². The summed E-state index contributed by atoms with van der Waals surface area (Å²) >= 11 is 12.7. The van der Waals surface area contributed by atoms with Gasteiger partial charge in [-0.25, -0.2) is 8.42 Å². The number of rotatable bonds is 3. The van der Waals surface area contributed by atoms with Crippen LogP contribution in [0.1, 0.15) is 0 Å². The van der Waals surface area contributed by atoms with Gasteiger partial charge in [-0.1, -0.05) is 29.3 Å². The first-order chi connectivity index (χ1) is 9.97. The number of nitrogens with one attached hydrogen (secondary N) is 1. The van der Waals surface area contributed by atoms with Gasteiger partial charge in [-0.05, 0) is 30.3 Å². The Balaban J connectivity index is 2.08. The van der Waals surface area contributed by atoms with Gasteiger partial charge in [-0.15, -0.1) is 11.3 Å². The maximum atomic E-state index is 12.4. The Hall–Kier alpha value is -1.34. The number of nitrogens with zero attached hydrogens (tertiary/aromatic N) is 1. The van der Waals surface area contributed by atoms with E-state index in [1.165, 1.54) is 6.07 Å². The van der Waals surface area contributed by atoms with Crippen molar-refractivity contribution in [2.24, 2.45) is 0 Å². The smallest absolute Gasteiger partial charge is 0.264 e. The molecule has 0 unspecified atom stereocenters. The van der Waals surface area contributed by atoms with Crippen molar-refractivity contribution in [3.05, 3.63) is 51.3 Å². The Morgan fingerprint density at radius 1 is 1.14 bits per heavy atom. The maximum absolute atomic E-state index is 12.4. The van der Waals surface area contributed by atoms with E-state index in [-0.39, 0.29) is 9.23 Å². The van der Waals surface area contributed by atoms with Crippen molar-refractivity contribution in [2.45, 2.75) is 4.90 Å². The van der Waals surface area contributed by atoms with E-state index in [1.54, 1.807) is 30.5 Å². The van der Waals surface area contributed by atoms with Crippen LogP contribution >= 0.6 is 34.5 Å². The first-order valence-electron chi connectivity index (χ1n) is 5.79. The van der Waals surface area contributed by atoms with Gasteiger partial charge in [-0.2, -0.15) is 0 Å². The molecule has 2 aromatic heterocycles. The van der Waals surface area contributed by atoms with Crippen LogP contribution in [0, 0.1) is 0 Å². The molecule has 0 amide bonds. The van der Waals surface area contributed by atoms with Gasteiger partial charge in [0.1, 0.15) is 9.23 Å². The number of fused-ring (bicyclic) bond motifs is 1. The average molecular weight is 359 g/mol. The molecule has 0 spiro atoms. The van der Waals surface area contributed by atoms with E-state index in [0.29, 0.717) is 20.9 Å². The van der Waals surface area contributed by atoms with Crippen LogP contribution in [0.5, 0.6) is 0 Å². The second-order valence-corrected chi connectivity index (χ2v) is 8.11. The number of thiophene rings is 1. The summed E-state index contributed by atoms with van der Waals surface area (Å²) in [5.41, 5.74) is 1.14. The first kappa shape index (κ1) is 14.6. The molecule has 3 rings (SSSR count). The van der Waals surface area contributed by atoms with Gasteiger partial charge in [-0.3, -0.25) is 9.71 Å². The van der Waals surface area contributed by atoms with Crippen molar-refractivity contribution in [3.63, 3.8) is 0 Å². The standard InChI is InChI=1S/C13H8Cl2N2O2S2/c14-12-7-11(13(15)20-12)21(18,19)17-10-5-1-4-9-8(10)3-2-6-16-9/h1-7,17H. The lowest BCUT2D eigenvalue weighted by atomic mass is 10.2. The summed E-state index contributed by atoms with van der Waals surface area (Å²) in [6.45, 7) is 0. The lowest BCUT2D eigenvalue weighted by Crippen LogP contribution is -2.12. The molecule has 0 saturated heterocycles. The highest BCUT2D eigenvalue weighted by Crippen LogP contribution is 2.35. The third-order valence-electron chi connectivity index (χ3n) is 2.80. The third-order valence-corrected chi connectivity index (χ3v) is 5.92. The summed E-state index contributed by atoms with van der Waals surface area (Å²) < 4.78 is 27.8. The predicted octanol–water partition coefficient (Wildman–Crippen LogP) is 4.40. The Labute approximate surface area is 135 Å². The van der Waals surface area contributed by atoms with Crippen LogP contribution in [0.3, 0.4) is 0 Å². The quantitative estimate of drug-likeness (QED) is 0.754. The van der Waals surface area contributed by atoms with Crippen LogP contribution < -0.4 is 4.72 Å². The van der Waals surface area contributed by atoms with Gasteiger partial charge < -0.3 is 0 Å². The average Bonchev–Trinajstić information content (AvgIpc) is 2.79. The van der Waals surface area contributed by atoms with Crippen molar-refractivity contribution in [1.29, 1.82) is 0 Å². The summed E-state index contributed by atoms with van der Waals surface area (Å²) in [7, 11) is -3.80. The van der Waals surface area contributed by atoms with Gasteiger partial charge in [0, 0.05) is 11.6 Å². The van der Waals surface area contributed by atoms with Crippen molar-refractivity contribution in [3.8, 4) is 0 Å². The minimum Gasteiger partial charge on any atom is -0.279 e. The molecule has 2 heterocycles. The van der Waals surface area contributed by atoms with Gasteiger partial charge in [0.05, 0.1) is 15.5 Å². The Morgan fingerprint density at radius 3 is 2.67 bits per heavy atom. The highest BCUT2D eigenvalue weighted by molar-refractivity contribution is 7.93. The first-order valence-corrected chi connectivity index (χ1v) is 8.84. The van der Waals surface area contributed by atoms with Crippen LogP contribution in [0.4, 0.5) is 5.69 Å². The molecule has 0 fully saturated rings. The van der Waals surface area contributed by atoms with E-state index in [1.807, 2.05) is 6.07 Å². The highest BCUT2D eigenvalue weighted by Gasteiger charge is 2.21. The lowest BCUT2D eigenvalue weighted by Gasteiger charge is -2.09. The molecular formula is C13H8Cl2N2O2S2. The molecule has 3 aromatic rings. The molecule has 0 bridgehead atoms. The Morgan fingerprint density at radius 2 is 1.95 bits per heavy atom. The summed E-state index contributed by atoms with van der Waals surface area (Å²) in [5, 5.41) is 0.709. The van der Waals surface area contributed by atoms with E-state index >= 15 is 0 Å². The molecule has 0 radical (unpaired) electrons. The maximum Gasteiger partial charge on any atom is 0.264 e. The zero-order valence-corrected chi connectivity index (χ0v) is 13.5. The van der Waals surface area contributed by atoms with Gasteiger partial charge in [0.2, 0.25) is 0 Å². The van der Waals surface area contributed by atoms with E-state index in [9.17, 15) is 8.42 Å². The van der Waals surface area contributed by atoms with Gasteiger partial charge in [0.25, 0.3) is 10.0 Å². The molecule has 0 aliphatic heterocycles. The van der Waals surface area contributed by atoms with Crippen molar-refractivity contribution in [1.82, 2.24) is 4.98 Å². The molecule has 1 aromatic carbocycles. The molecule has 21 heavy (non-hydrogen) atoms. The van der Waals surface area contributed by atoms with E-state index < -0.39 is 10.0 Å². The summed E-state index contributed by atoms with van der Waals surface area (Å²) in [6, 6.07) is 10.1. The number of sulfonamides is 1. The van der Waals surface area contributed by atoms with Crippen LogP contribution in [-0.4, -0.2) is 13.4 Å². The SMILES string of the molecule is O=S(=O)(Nc1cccc2ncccc12)c1cc(Cl)sc1Cl. The number of benzene rings is 1. The number of hydrogen-bond donors (Lipinski definition) is 1. The van der Waals surface area contributed by atoms with Crippen molar-refractivity contribution < 1.29 is 8.42 Å². The predicted molar refractivity (Wildman–Crippen MR) is 86.9 cm³/mol. The Bertz CT molecular complexity index is 918. The second-order valence-electron chi connectivity index (χ2n) is 4.17. The molecular weight excluding hydrogens is 351 g/mol. The number of aromatic nitrogens is 1. The summed E-state index contributed by atoms with van der Waals surface area (Å²) in [6.07, 6.45) is 1.65. The van der Waals surface area contributed by atoms with E-state index in [2.05, 4.69) is 9.71 Å². The summed E-state index contributed by atoms with van der Waals surface area (Å²) in [4.78, 5) is 4.16. The van der Waals surface area contributed by atoms with E-state index in [0.717, 1.165) is 11.3 Å². The topological polar surface area (TPSA) is 59.1 Å². The zero-order chi connectivity index (χ0) is 15.0. The fraction of sp³-hybridized carbons (Fsp3) is 0. The second kappa shape index (κ2) is 5.46. The molecule has 0 aliphatic rings. The van der Waals surface area contributed by atoms with Crippen LogP contribution in [0.15, 0.2) is 47.5 Å². The zero-order valence-electron chi connectivity index (χ0n) is 10.4. The summed E-state index contributed by atoms with van der Waals surface area (Å²) in [5.74, 6) is 0. The molecule has 0 atom stereocenters. The van der Waals surface area contributed by atoms with Crippen LogP contribution in [0.25, 0.3) is 10.9 Å². The minimum atomic E-state index is -3.80. The van der Waals surface area contributed by atoms with E-state index in [4.69, 9.17) is 23.2 Å². The number of hydrogen-bond acceptors (Lipinski definition) is 4. The normalized spacial score (nSPS) is 11.7.